The van der Waals surface area contributed by atoms with Crippen LogP contribution in [0.3, 0.4) is 0 Å². The molecule has 0 aliphatic heterocycles. The highest BCUT2D eigenvalue weighted by Crippen LogP contribution is 2.33. The monoisotopic (exact) mass is 532 g/mol. The van der Waals surface area contributed by atoms with Crippen molar-refractivity contribution < 1.29 is 31.1 Å². The molecule has 3 aromatic carbocycles. The van der Waals surface area contributed by atoms with Crippen molar-refractivity contribution in [3.05, 3.63) is 78.4 Å². The van der Waals surface area contributed by atoms with Crippen LogP contribution in [0.25, 0.3) is 0 Å². The van der Waals surface area contributed by atoms with E-state index in [1.807, 2.05) is 0 Å². The van der Waals surface area contributed by atoms with Crippen LogP contribution >= 0.6 is 0 Å². The summed E-state index contributed by atoms with van der Waals surface area (Å²) in [5, 5.41) is 2.78. The van der Waals surface area contributed by atoms with Gasteiger partial charge in [-0.25, -0.2) is 16.8 Å². The summed E-state index contributed by atoms with van der Waals surface area (Å²) in [6.07, 6.45) is 1.11. The Morgan fingerprint density at radius 3 is 2.03 bits per heavy atom. The molecule has 0 bridgehead atoms. The molecule has 1 N–H and O–H groups in total. The highest BCUT2D eigenvalue weighted by molar-refractivity contribution is 7.93. The van der Waals surface area contributed by atoms with Gasteiger partial charge in [-0.1, -0.05) is 30.3 Å². The van der Waals surface area contributed by atoms with Crippen molar-refractivity contribution in [3.63, 3.8) is 0 Å². The summed E-state index contributed by atoms with van der Waals surface area (Å²) in [7, 11) is -4.56. The fourth-order valence-electron chi connectivity index (χ4n) is 3.52. The Labute approximate surface area is 211 Å². The molecule has 0 saturated heterocycles. The van der Waals surface area contributed by atoms with Crippen LogP contribution in [0.1, 0.15) is 18.5 Å². The summed E-state index contributed by atoms with van der Waals surface area (Å²) >= 11 is 0. The van der Waals surface area contributed by atoms with Crippen molar-refractivity contribution in [1.82, 2.24) is 5.32 Å². The minimum Gasteiger partial charge on any atom is -0.493 e. The average Bonchev–Trinajstić information content (AvgIpc) is 2.86. The Morgan fingerprint density at radius 1 is 0.861 bits per heavy atom. The molecule has 0 fully saturated rings. The Kier molecular flexibility index (Phi) is 8.26. The lowest BCUT2D eigenvalue weighted by Crippen LogP contribution is -2.41. The molecule has 1 unspecified atom stereocenters. The number of methoxy groups -OCH3 is 2. The summed E-state index contributed by atoms with van der Waals surface area (Å²) in [6, 6.07) is 18.0. The number of carbonyl (C=O) groups excluding carboxylic acids is 1. The van der Waals surface area contributed by atoms with E-state index < -0.39 is 38.4 Å². The number of hydrogen-bond donors (Lipinski definition) is 1. The van der Waals surface area contributed by atoms with Gasteiger partial charge in [0.2, 0.25) is 5.91 Å². The van der Waals surface area contributed by atoms with Crippen LogP contribution < -0.4 is 19.1 Å². The predicted octanol–water partition coefficient (Wildman–Crippen LogP) is 3.18. The van der Waals surface area contributed by atoms with Crippen LogP contribution in [0.2, 0.25) is 0 Å². The molecule has 0 radical (unpaired) electrons. The van der Waals surface area contributed by atoms with Gasteiger partial charge >= 0.3 is 0 Å². The lowest BCUT2D eigenvalue weighted by atomic mass is 10.1. The van der Waals surface area contributed by atoms with E-state index in [0.717, 1.165) is 10.6 Å². The van der Waals surface area contributed by atoms with E-state index in [9.17, 15) is 21.6 Å². The number of anilines is 1. The SMILES string of the molecule is COc1ccc(N(CC(=O)NC(C)c2ccc(S(C)(=O)=O)cc2)S(=O)(=O)c2ccccc2)cc1OC. The molecular weight excluding hydrogens is 504 g/mol. The second-order valence-corrected chi connectivity index (χ2v) is 11.9. The normalized spacial score (nSPS) is 12.4. The van der Waals surface area contributed by atoms with Crippen molar-refractivity contribution in [2.45, 2.75) is 22.8 Å². The van der Waals surface area contributed by atoms with Gasteiger partial charge in [-0.05, 0) is 48.9 Å². The van der Waals surface area contributed by atoms with Crippen LogP contribution in [0, 0.1) is 0 Å². The second-order valence-electron chi connectivity index (χ2n) is 7.99. The first-order valence-electron chi connectivity index (χ1n) is 10.9. The van der Waals surface area contributed by atoms with E-state index in [4.69, 9.17) is 9.47 Å². The summed E-state index contributed by atoms with van der Waals surface area (Å²) in [5.41, 5.74) is 0.885. The van der Waals surface area contributed by atoms with Crippen LogP contribution in [0.4, 0.5) is 5.69 Å². The third-order valence-corrected chi connectivity index (χ3v) is 8.38. The van der Waals surface area contributed by atoms with E-state index in [0.29, 0.717) is 17.1 Å². The fraction of sp³-hybridized carbons (Fsp3) is 0.240. The van der Waals surface area contributed by atoms with Gasteiger partial charge in [0, 0.05) is 12.3 Å². The van der Waals surface area contributed by atoms with Crippen LogP contribution in [-0.4, -0.2) is 49.8 Å². The number of hydrogen-bond acceptors (Lipinski definition) is 7. The molecule has 192 valence electrons. The van der Waals surface area contributed by atoms with Crippen LogP contribution in [-0.2, 0) is 24.7 Å². The van der Waals surface area contributed by atoms with E-state index in [1.54, 1.807) is 43.3 Å². The smallest absolute Gasteiger partial charge is 0.264 e. The molecule has 0 aliphatic carbocycles. The van der Waals surface area contributed by atoms with Crippen molar-refractivity contribution in [2.75, 3.05) is 31.3 Å². The second kappa shape index (κ2) is 11.0. The molecule has 0 saturated carbocycles. The Bertz CT molecular complexity index is 1420. The molecule has 3 aromatic rings. The molecule has 1 amide bonds. The van der Waals surface area contributed by atoms with Gasteiger partial charge in [-0.2, -0.15) is 0 Å². The van der Waals surface area contributed by atoms with E-state index in [1.165, 1.54) is 50.6 Å². The largest absolute Gasteiger partial charge is 0.493 e. The minimum absolute atomic E-state index is 0.0250. The summed E-state index contributed by atoms with van der Waals surface area (Å²) in [6.45, 7) is 1.22. The summed E-state index contributed by atoms with van der Waals surface area (Å²) in [5.74, 6) is 0.168. The number of ether oxygens (including phenoxy) is 2. The molecule has 36 heavy (non-hydrogen) atoms. The Morgan fingerprint density at radius 2 is 1.47 bits per heavy atom. The van der Waals surface area contributed by atoms with Gasteiger partial charge in [-0.15, -0.1) is 0 Å². The van der Waals surface area contributed by atoms with Gasteiger partial charge in [0.1, 0.15) is 6.54 Å². The van der Waals surface area contributed by atoms with Gasteiger partial charge in [0.05, 0.1) is 35.7 Å². The molecule has 1 atom stereocenters. The number of nitrogens with one attached hydrogen (secondary N) is 1. The maximum Gasteiger partial charge on any atom is 0.264 e. The van der Waals surface area contributed by atoms with Gasteiger partial charge in [0.25, 0.3) is 10.0 Å². The molecule has 0 spiro atoms. The standard InChI is InChI=1S/C25H28N2O7S2/c1-18(19-10-13-21(14-11-19)35(4,29)30)26-25(28)17-27(36(31,32)22-8-6-5-7-9-22)20-12-15-23(33-2)24(16-20)34-3/h5-16,18H,17H2,1-4H3,(H,26,28). The van der Waals surface area contributed by atoms with Crippen LogP contribution in [0.5, 0.6) is 11.5 Å². The number of carbonyl (C=O) groups is 1. The number of rotatable bonds is 10. The lowest BCUT2D eigenvalue weighted by Gasteiger charge is -2.26. The first-order chi connectivity index (χ1) is 17.0. The summed E-state index contributed by atoms with van der Waals surface area (Å²) < 4.78 is 62.0. The number of nitrogens with zero attached hydrogens (tertiary/aromatic N) is 1. The number of sulfone groups is 1. The van der Waals surface area contributed by atoms with Crippen molar-refractivity contribution >= 4 is 31.5 Å². The molecule has 3 rings (SSSR count). The van der Waals surface area contributed by atoms with Gasteiger partial charge in [0.15, 0.2) is 21.3 Å². The van der Waals surface area contributed by atoms with E-state index >= 15 is 0 Å². The Balaban J connectivity index is 1.91. The van der Waals surface area contributed by atoms with Gasteiger partial charge < -0.3 is 14.8 Å². The molecule has 11 heteroatoms. The zero-order valence-electron chi connectivity index (χ0n) is 20.3. The molecular formula is C25H28N2O7S2. The van der Waals surface area contributed by atoms with E-state index in [2.05, 4.69) is 5.32 Å². The average molecular weight is 533 g/mol. The molecule has 0 aromatic heterocycles. The molecule has 0 heterocycles. The first-order valence-corrected chi connectivity index (χ1v) is 14.2. The zero-order chi connectivity index (χ0) is 26.5. The molecule has 0 aliphatic rings. The quantitative estimate of drug-likeness (QED) is 0.426. The van der Waals surface area contributed by atoms with Crippen molar-refractivity contribution in [1.29, 1.82) is 0 Å². The summed E-state index contributed by atoms with van der Waals surface area (Å²) in [4.78, 5) is 13.2. The van der Waals surface area contributed by atoms with E-state index in [-0.39, 0.29) is 15.5 Å². The molecule has 9 nitrogen and oxygen atoms in total. The zero-order valence-corrected chi connectivity index (χ0v) is 22.0. The lowest BCUT2D eigenvalue weighted by molar-refractivity contribution is -0.120. The maximum absolute atomic E-state index is 13.5. The fourth-order valence-corrected chi connectivity index (χ4v) is 5.58. The highest BCUT2D eigenvalue weighted by Gasteiger charge is 2.28. The maximum atomic E-state index is 13.5. The van der Waals surface area contributed by atoms with Crippen LogP contribution in [0.15, 0.2) is 82.6 Å². The van der Waals surface area contributed by atoms with Crippen molar-refractivity contribution in [3.8, 4) is 11.5 Å². The highest BCUT2D eigenvalue weighted by atomic mass is 32.2. The number of sulfonamides is 1. The van der Waals surface area contributed by atoms with Gasteiger partial charge in [-0.3, -0.25) is 9.10 Å². The number of benzene rings is 3. The Hall–Kier alpha value is -3.57. The predicted molar refractivity (Wildman–Crippen MR) is 137 cm³/mol. The first kappa shape index (κ1) is 27.0. The number of amides is 1. The topological polar surface area (TPSA) is 119 Å². The minimum atomic E-state index is -4.11. The third-order valence-electron chi connectivity index (χ3n) is 5.46. The van der Waals surface area contributed by atoms with Crippen molar-refractivity contribution in [2.24, 2.45) is 0 Å². The third kappa shape index (κ3) is 6.16.